The third-order valence-electron chi connectivity index (χ3n) is 11.7. The number of rotatable bonds is 4. The fourth-order valence-electron chi connectivity index (χ4n) is 9.35. The summed E-state index contributed by atoms with van der Waals surface area (Å²) in [5.74, 6) is -7.67. The average Bonchev–Trinajstić information content (AvgIpc) is 3.24. The molecule has 4 N–H and O–H groups in total. The molecule has 0 aromatic heterocycles. The van der Waals surface area contributed by atoms with Gasteiger partial charge in [0, 0.05) is 36.1 Å². The van der Waals surface area contributed by atoms with Crippen molar-refractivity contribution in [3.8, 4) is 0 Å². The molecule has 5 aliphatic rings. The molecule has 6 atom stereocenters. The second-order valence-electron chi connectivity index (χ2n) is 15.0. The summed E-state index contributed by atoms with van der Waals surface area (Å²) >= 11 is 0. The van der Waals surface area contributed by atoms with E-state index in [1.54, 1.807) is 6.08 Å². The lowest BCUT2D eigenvalue weighted by atomic mass is 9.49. The first-order valence-corrected chi connectivity index (χ1v) is 15.8. The van der Waals surface area contributed by atoms with Gasteiger partial charge in [0.05, 0.1) is 18.8 Å². The molecule has 0 unspecified atom stereocenters. The molecular formula is C34H44F5NO4. The molecule has 4 fully saturated rings. The monoisotopic (exact) mass is 625 g/mol. The quantitative estimate of drug-likeness (QED) is 0.251. The van der Waals surface area contributed by atoms with Crippen LogP contribution in [0, 0.1) is 22.7 Å². The van der Waals surface area contributed by atoms with Crippen LogP contribution in [0.4, 0.5) is 22.0 Å². The van der Waals surface area contributed by atoms with Gasteiger partial charge in [0.15, 0.2) is 5.79 Å². The third-order valence-corrected chi connectivity index (χ3v) is 11.7. The molecule has 1 aromatic carbocycles. The first kappa shape index (κ1) is 32.1. The fraction of sp³-hybridized carbons (Fsp3) is 0.706. The van der Waals surface area contributed by atoms with Crippen molar-refractivity contribution in [3.63, 3.8) is 0 Å². The Labute approximate surface area is 255 Å². The summed E-state index contributed by atoms with van der Waals surface area (Å²) in [4.78, 5) is 0. The fourth-order valence-corrected chi connectivity index (χ4v) is 9.35. The number of hydrogen-bond donors (Lipinski definition) is 3. The van der Waals surface area contributed by atoms with Crippen molar-refractivity contribution in [1.29, 1.82) is 0 Å². The van der Waals surface area contributed by atoms with E-state index in [0.717, 1.165) is 22.3 Å². The molecular weight excluding hydrogens is 581 g/mol. The zero-order chi connectivity index (χ0) is 32.0. The normalized spacial score (nSPS) is 38.5. The maximum atomic E-state index is 15.3. The summed E-state index contributed by atoms with van der Waals surface area (Å²) in [7, 11) is 0. The van der Waals surface area contributed by atoms with Gasteiger partial charge < -0.3 is 25.4 Å². The van der Waals surface area contributed by atoms with E-state index in [-0.39, 0.29) is 30.6 Å². The summed E-state index contributed by atoms with van der Waals surface area (Å²) in [6.45, 7) is 6.90. The largest absolute Gasteiger partial charge is 0.456 e. The molecule has 1 aliphatic heterocycles. The number of fused-ring (bicyclic) bond motifs is 4. The minimum absolute atomic E-state index is 0.0549. The number of benzene rings is 1. The molecule has 5 nitrogen and oxygen atoms in total. The van der Waals surface area contributed by atoms with Gasteiger partial charge in [-0.3, -0.25) is 0 Å². The van der Waals surface area contributed by atoms with Crippen LogP contribution in [0.2, 0.25) is 0 Å². The summed E-state index contributed by atoms with van der Waals surface area (Å²) in [5, 5.41) is 23.8. The van der Waals surface area contributed by atoms with Gasteiger partial charge >= 0.3 is 12.1 Å². The zero-order valence-corrected chi connectivity index (χ0v) is 25.7. The minimum Gasteiger partial charge on any atom is -0.385 e. The highest BCUT2D eigenvalue weighted by atomic mass is 19.4. The van der Waals surface area contributed by atoms with Gasteiger partial charge in [-0.25, -0.2) is 0 Å². The second-order valence-corrected chi connectivity index (χ2v) is 15.0. The van der Waals surface area contributed by atoms with Gasteiger partial charge in [-0.1, -0.05) is 62.8 Å². The molecule has 4 aliphatic carbocycles. The van der Waals surface area contributed by atoms with E-state index < -0.39 is 52.8 Å². The standard InChI is InChI=1S/C34H44F5NO4/c1-28(2)19-43-31(44-20-28)14-11-26-27-23(10-13-30(26,41)18-31)25-12-15-32(42,33(35,36)34(37,38)39)29(25,3)17-24(27)22-8-6-21(7-9-22)5-4-16-40/h4-9,23-25,41-42H,10-20,40H2,1-3H3/b5-4+/t23-,24+,25-,29-,30+,32-/m0/s1. The first-order valence-electron chi connectivity index (χ1n) is 15.8. The van der Waals surface area contributed by atoms with Gasteiger partial charge in [-0.05, 0) is 67.1 Å². The summed E-state index contributed by atoms with van der Waals surface area (Å²) in [6.07, 6.45) is -0.919. The van der Waals surface area contributed by atoms with Crippen molar-refractivity contribution in [1.82, 2.24) is 0 Å². The van der Waals surface area contributed by atoms with Crippen LogP contribution in [0.25, 0.3) is 6.08 Å². The third kappa shape index (κ3) is 4.72. The van der Waals surface area contributed by atoms with Crippen LogP contribution in [0.15, 0.2) is 41.5 Å². The molecule has 1 saturated heterocycles. The van der Waals surface area contributed by atoms with Crippen LogP contribution >= 0.6 is 0 Å². The maximum absolute atomic E-state index is 15.3. The number of halogens is 5. The van der Waals surface area contributed by atoms with Gasteiger partial charge in [-0.2, -0.15) is 22.0 Å². The van der Waals surface area contributed by atoms with E-state index in [2.05, 4.69) is 13.8 Å². The second kappa shape index (κ2) is 10.3. The van der Waals surface area contributed by atoms with Gasteiger partial charge in [0.1, 0.15) is 5.60 Å². The summed E-state index contributed by atoms with van der Waals surface area (Å²) < 4.78 is 84.7. The van der Waals surface area contributed by atoms with Crippen molar-refractivity contribution in [2.24, 2.45) is 28.4 Å². The van der Waals surface area contributed by atoms with Crippen molar-refractivity contribution >= 4 is 6.08 Å². The molecule has 0 bridgehead atoms. The van der Waals surface area contributed by atoms with Crippen LogP contribution < -0.4 is 5.73 Å². The summed E-state index contributed by atoms with van der Waals surface area (Å²) in [6, 6.07) is 7.49. The Kier molecular flexibility index (Phi) is 7.53. The van der Waals surface area contributed by atoms with Gasteiger partial charge in [0.25, 0.3) is 0 Å². The Morgan fingerprint density at radius 3 is 2.23 bits per heavy atom. The Morgan fingerprint density at radius 1 is 0.955 bits per heavy atom. The molecule has 44 heavy (non-hydrogen) atoms. The number of ether oxygens (including phenoxy) is 2. The number of hydrogen-bond acceptors (Lipinski definition) is 5. The highest BCUT2D eigenvalue weighted by molar-refractivity contribution is 5.52. The highest BCUT2D eigenvalue weighted by Gasteiger charge is 2.79. The lowest BCUT2D eigenvalue weighted by Gasteiger charge is -2.59. The van der Waals surface area contributed by atoms with Crippen molar-refractivity contribution in [3.05, 3.63) is 52.6 Å². The molecule has 1 heterocycles. The van der Waals surface area contributed by atoms with Crippen LogP contribution in [0.3, 0.4) is 0 Å². The van der Waals surface area contributed by atoms with Crippen LogP contribution in [-0.4, -0.2) is 59.1 Å². The minimum atomic E-state index is -5.88. The molecule has 3 saturated carbocycles. The van der Waals surface area contributed by atoms with Crippen LogP contribution in [0.1, 0.15) is 89.2 Å². The van der Waals surface area contributed by atoms with E-state index in [4.69, 9.17) is 15.2 Å². The molecule has 1 aromatic rings. The lowest BCUT2D eigenvalue weighted by molar-refractivity contribution is -0.362. The Morgan fingerprint density at radius 2 is 1.61 bits per heavy atom. The topological polar surface area (TPSA) is 84.9 Å². The van der Waals surface area contributed by atoms with E-state index >= 15 is 8.78 Å². The van der Waals surface area contributed by atoms with E-state index in [1.807, 2.05) is 30.3 Å². The van der Waals surface area contributed by atoms with Gasteiger partial charge in [0.2, 0.25) is 0 Å². The highest BCUT2D eigenvalue weighted by Crippen LogP contribution is 2.71. The predicted molar refractivity (Wildman–Crippen MR) is 156 cm³/mol. The lowest BCUT2D eigenvalue weighted by Crippen LogP contribution is -2.65. The molecule has 10 heteroatoms. The van der Waals surface area contributed by atoms with Crippen molar-refractivity contribution in [2.75, 3.05) is 19.8 Å². The molecule has 1 spiro atoms. The first-order chi connectivity index (χ1) is 20.4. The Bertz CT molecular complexity index is 1330. The van der Waals surface area contributed by atoms with Crippen molar-refractivity contribution in [2.45, 2.75) is 107 Å². The van der Waals surface area contributed by atoms with Crippen LogP contribution in [0.5, 0.6) is 0 Å². The van der Waals surface area contributed by atoms with E-state index in [1.165, 1.54) is 6.92 Å². The number of nitrogens with two attached hydrogens (primary N) is 1. The van der Waals surface area contributed by atoms with E-state index in [0.29, 0.717) is 45.4 Å². The number of allylic oxidation sites excluding steroid dienone is 1. The smallest absolute Gasteiger partial charge is 0.385 e. The SMILES string of the molecule is CC1(C)COC2(CCC3=C4[C@@H](CC[C@@]3(O)C2)[C@@H]2CC[C@@](O)(C(F)(F)C(F)(F)F)[C@@]2(C)C[C@@H]4c2ccc(/C=C/CN)cc2)OC1. The maximum Gasteiger partial charge on any atom is 0.456 e. The molecule has 0 amide bonds. The Balaban J connectivity index is 1.45. The number of aliphatic hydroxyl groups is 2. The van der Waals surface area contributed by atoms with E-state index in [9.17, 15) is 23.4 Å². The zero-order valence-electron chi connectivity index (χ0n) is 25.7. The van der Waals surface area contributed by atoms with Gasteiger partial charge in [-0.15, -0.1) is 0 Å². The molecule has 0 radical (unpaired) electrons. The van der Waals surface area contributed by atoms with Crippen LogP contribution in [-0.2, 0) is 9.47 Å². The van der Waals surface area contributed by atoms with Crippen molar-refractivity contribution < 1.29 is 41.6 Å². The number of alkyl halides is 5. The average molecular weight is 626 g/mol. The molecule has 6 rings (SSSR count). The predicted octanol–water partition coefficient (Wildman–Crippen LogP) is 6.88. The molecule has 244 valence electrons. The Hall–Kier alpha value is -1.85. The summed E-state index contributed by atoms with van der Waals surface area (Å²) in [5.41, 5.74) is 2.67.